The van der Waals surface area contributed by atoms with Gasteiger partial charge in [-0.25, -0.2) is 8.42 Å². The van der Waals surface area contributed by atoms with Crippen LogP contribution in [0.5, 0.6) is 11.5 Å². The van der Waals surface area contributed by atoms with Crippen molar-refractivity contribution in [3.8, 4) is 11.5 Å². The smallest absolute Gasteiger partial charge is 0.264 e. The average molecular weight is 497 g/mol. The fourth-order valence-corrected chi connectivity index (χ4v) is 5.09. The summed E-state index contributed by atoms with van der Waals surface area (Å²) in [5.41, 5.74) is 4.35. The fraction of sp³-hybridized carbons (Fsp3) is 0.296. The highest BCUT2D eigenvalue weighted by atomic mass is 32.2. The van der Waals surface area contributed by atoms with Crippen LogP contribution in [0.25, 0.3) is 0 Å². The Balaban J connectivity index is 1.99. The molecular formula is C27H32N2O5S. The number of hydrogen-bond acceptors (Lipinski definition) is 5. The number of methoxy groups -OCH3 is 2. The van der Waals surface area contributed by atoms with E-state index in [1.54, 1.807) is 30.3 Å². The number of carbonyl (C=O) groups is 1. The van der Waals surface area contributed by atoms with E-state index in [9.17, 15) is 13.2 Å². The maximum Gasteiger partial charge on any atom is 0.264 e. The summed E-state index contributed by atoms with van der Waals surface area (Å²) in [6.45, 7) is 7.35. The number of anilines is 1. The van der Waals surface area contributed by atoms with E-state index in [4.69, 9.17) is 9.47 Å². The van der Waals surface area contributed by atoms with E-state index in [1.807, 2.05) is 45.9 Å². The lowest BCUT2D eigenvalue weighted by atomic mass is 10.0. The van der Waals surface area contributed by atoms with Crippen LogP contribution in [0, 0.1) is 20.8 Å². The van der Waals surface area contributed by atoms with Crippen LogP contribution in [0.1, 0.15) is 35.2 Å². The second kappa shape index (κ2) is 10.8. The van der Waals surface area contributed by atoms with Gasteiger partial charge in [0.1, 0.15) is 18.0 Å². The molecule has 3 aromatic carbocycles. The van der Waals surface area contributed by atoms with Gasteiger partial charge in [0.2, 0.25) is 5.91 Å². The van der Waals surface area contributed by atoms with Gasteiger partial charge in [0.05, 0.1) is 30.8 Å². The number of rotatable bonds is 9. The zero-order valence-electron chi connectivity index (χ0n) is 21.0. The summed E-state index contributed by atoms with van der Waals surface area (Å²) in [5, 5.41) is 2.92. The lowest BCUT2D eigenvalue weighted by Gasteiger charge is -2.27. The number of benzene rings is 3. The molecule has 186 valence electrons. The molecular weight excluding hydrogens is 464 g/mol. The van der Waals surface area contributed by atoms with Crippen LogP contribution in [0.2, 0.25) is 0 Å². The lowest BCUT2D eigenvalue weighted by Crippen LogP contribution is -2.41. The number of nitrogens with one attached hydrogen (secondary N) is 1. The van der Waals surface area contributed by atoms with Crippen LogP contribution < -0.4 is 19.1 Å². The van der Waals surface area contributed by atoms with Gasteiger partial charge in [-0.3, -0.25) is 9.10 Å². The van der Waals surface area contributed by atoms with E-state index >= 15 is 0 Å². The highest BCUT2D eigenvalue weighted by molar-refractivity contribution is 7.92. The van der Waals surface area contributed by atoms with Crippen molar-refractivity contribution in [1.82, 2.24) is 5.32 Å². The molecule has 8 heteroatoms. The molecule has 0 aliphatic rings. The standard InChI is InChI=1S/C27H32N2O5S/c1-18-7-12-24(13-8-18)35(31,32)29(25-16-23(33-5)11-14-26(25)34-6)17-27(30)28-21(4)22-10-9-19(2)20(3)15-22/h7-16,21H,17H2,1-6H3,(H,28,30). The summed E-state index contributed by atoms with van der Waals surface area (Å²) in [5.74, 6) is 0.293. The minimum Gasteiger partial charge on any atom is -0.497 e. The van der Waals surface area contributed by atoms with Crippen molar-refractivity contribution in [2.24, 2.45) is 0 Å². The highest BCUT2D eigenvalue weighted by Crippen LogP contribution is 2.35. The van der Waals surface area contributed by atoms with Gasteiger partial charge in [0.15, 0.2) is 0 Å². The van der Waals surface area contributed by atoms with Crippen LogP contribution in [-0.2, 0) is 14.8 Å². The van der Waals surface area contributed by atoms with Crippen LogP contribution in [0.3, 0.4) is 0 Å². The van der Waals surface area contributed by atoms with Gasteiger partial charge in [-0.15, -0.1) is 0 Å². The quantitative estimate of drug-likeness (QED) is 0.464. The Labute approximate surface area is 207 Å². The van der Waals surface area contributed by atoms with Crippen LogP contribution in [-0.4, -0.2) is 35.1 Å². The third-order valence-electron chi connectivity index (χ3n) is 5.96. The van der Waals surface area contributed by atoms with Gasteiger partial charge < -0.3 is 14.8 Å². The van der Waals surface area contributed by atoms with Crippen molar-refractivity contribution in [3.05, 3.63) is 82.9 Å². The molecule has 7 nitrogen and oxygen atoms in total. The van der Waals surface area contributed by atoms with Crippen LogP contribution in [0.15, 0.2) is 65.6 Å². The van der Waals surface area contributed by atoms with Crippen molar-refractivity contribution < 1.29 is 22.7 Å². The Morgan fingerprint density at radius 2 is 1.60 bits per heavy atom. The van der Waals surface area contributed by atoms with Gasteiger partial charge in [-0.05, 0) is 68.7 Å². The van der Waals surface area contributed by atoms with E-state index in [0.717, 1.165) is 26.6 Å². The molecule has 0 fully saturated rings. The molecule has 0 aromatic heterocycles. The molecule has 0 saturated carbocycles. The zero-order chi connectivity index (χ0) is 25.8. The minimum absolute atomic E-state index is 0.0722. The maximum absolute atomic E-state index is 13.7. The van der Waals surface area contributed by atoms with Crippen molar-refractivity contribution in [3.63, 3.8) is 0 Å². The number of nitrogens with zero attached hydrogens (tertiary/aromatic N) is 1. The number of carbonyl (C=O) groups excluding carboxylic acids is 1. The highest BCUT2D eigenvalue weighted by Gasteiger charge is 2.30. The van der Waals surface area contributed by atoms with Crippen molar-refractivity contribution >= 4 is 21.6 Å². The van der Waals surface area contributed by atoms with Crippen molar-refractivity contribution in [1.29, 1.82) is 0 Å². The molecule has 0 saturated heterocycles. The molecule has 0 spiro atoms. The molecule has 1 atom stereocenters. The Morgan fingerprint density at radius 1 is 0.914 bits per heavy atom. The van der Waals surface area contributed by atoms with Gasteiger partial charge in [-0.1, -0.05) is 35.9 Å². The molecule has 0 aliphatic carbocycles. The predicted octanol–water partition coefficient (Wildman–Crippen LogP) is 4.70. The summed E-state index contributed by atoms with van der Waals surface area (Å²) in [6.07, 6.45) is 0. The number of amides is 1. The SMILES string of the molecule is COc1ccc(OC)c(N(CC(=O)NC(C)c2ccc(C)c(C)c2)S(=O)(=O)c2ccc(C)cc2)c1. The number of sulfonamides is 1. The predicted molar refractivity (Wildman–Crippen MR) is 138 cm³/mol. The van der Waals surface area contributed by atoms with Gasteiger partial charge >= 0.3 is 0 Å². The largest absolute Gasteiger partial charge is 0.497 e. The third-order valence-corrected chi connectivity index (χ3v) is 7.73. The summed E-state index contributed by atoms with van der Waals surface area (Å²) >= 11 is 0. The first-order chi connectivity index (χ1) is 16.6. The Hall–Kier alpha value is -3.52. The topological polar surface area (TPSA) is 84.9 Å². The maximum atomic E-state index is 13.7. The third kappa shape index (κ3) is 5.95. The summed E-state index contributed by atoms with van der Waals surface area (Å²) in [7, 11) is -1.16. The Morgan fingerprint density at radius 3 is 2.20 bits per heavy atom. The molecule has 0 radical (unpaired) electrons. The zero-order valence-corrected chi connectivity index (χ0v) is 21.8. The van der Waals surface area contributed by atoms with E-state index < -0.39 is 22.5 Å². The molecule has 1 N–H and O–H groups in total. The van der Waals surface area contributed by atoms with E-state index in [1.165, 1.54) is 26.4 Å². The number of ether oxygens (including phenoxy) is 2. The number of aryl methyl sites for hydroxylation is 3. The molecule has 0 bridgehead atoms. The van der Waals surface area contributed by atoms with Crippen LogP contribution in [0.4, 0.5) is 5.69 Å². The van der Waals surface area contributed by atoms with Gasteiger partial charge in [0.25, 0.3) is 10.0 Å². The molecule has 1 unspecified atom stereocenters. The molecule has 0 aliphatic heterocycles. The van der Waals surface area contributed by atoms with Gasteiger partial charge in [0, 0.05) is 6.07 Å². The number of hydrogen-bond donors (Lipinski definition) is 1. The first-order valence-electron chi connectivity index (χ1n) is 11.2. The minimum atomic E-state index is -4.10. The second-order valence-corrected chi connectivity index (χ2v) is 10.4. The summed E-state index contributed by atoms with van der Waals surface area (Å²) < 4.78 is 39.3. The monoisotopic (exact) mass is 496 g/mol. The Bertz CT molecular complexity index is 1300. The van der Waals surface area contributed by atoms with Crippen LogP contribution >= 0.6 is 0 Å². The molecule has 1 amide bonds. The normalized spacial score (nSPS) is 12.1. The summed E-state index contributed by atoms with van der Waals surface area (Å²) in [4.78, 5) is 13.2. The molecule has 35 heavy (non-hydrogen) atoms. The van der Waals surface area contributed by atoms with Crippen molar-refractivity contribution in [2.45, 2.75) is 38.6 Å². The first kappa shape index (κ1) is 26.1. The fourth-order valence-electron chi connectivity index (χ4n) is 3.66. The van der Waals surface area contributed by atoms with Gasteiger partial charge in [-0.2, -0.15) is 0 Å². The summed E-state index contributed by atoms with van der Waals surface area (Å²) in [6, 6.07) is 17.0. The van der Waals surface area contributed by atoms with E-state index in [2.05, 4.69) is 5.32 Å². The molecule has 3 aromatic rings. The lowest BCUT2D eigenvalue weighted by molar-refractivity contribution is -0.120. The van der Waals surface area contributed by atoms with E-state index in [-0.39, 0.29) is 16.6 Å². The average Bonchev–Trinajstić information content (AvgIpc) is 2.83. The molecule has 3 rings (SSSR count). The van der Waals surface area contributed by atoms with E-state index in [0.29, 0.717) is 11.5 Å². The first-order valence-corrected chi connectivity index (χ1v) is 12.7. The second-order valence-electron chi connectivity index (χ2n) is 8.50. The van der Waals surface area contributed by atoms with Crippen molar-refractivity contribution in [2.75, 3.05) is 25.1 Å². The molecule has 0 heterocycles. The Kier molecular flexibility index (Phi) is 8.07.